The molecule has 0 aliphatic heterocycles. The Labute approximate surface area is 211 Å². The lowest BCUT2D eigenvalue weighted by molar-refractivity contribution is -0.274. The summed E-state index contributed by atoms with van der Waals surface area (Å²) in [5.41, 5.74) is 2.34. The number of fused-ring (bicyclic) bond motifs is 1. The molecule has 37 heavy (non-hydrogen) atoms. The van der Waals surface area contributed by atoms with Gasteiger partial charge in [0.15, 0.2) is 12.4 Å². The van der Waals surface area contributed by atoms with Gasteiger partial charge in [-0.05, 0) is 59.0 Å². The highest BCUT2D eigenvalue weighted by molar-refractivity contribution is 6.00. The summed E-state index contributed by atoms with van der Waals surface area (Å²) >= 11 is 0. The third kappa shape index (κ3) is 7.16. The number of anilines is 1. The van der Waals surface area contributed by atoms with Crippen molar-refractivity contribution in [1.82, 2.24) is 10.2 Å². The third-order valence-electron chi connectivity index (χ3n) is 5.42. The minimum atomic E-state index is -4.77. The Hall–Kier alpha value is -4.21. The van der Waals surface area contributed by atoms with Gasteiger partial charge in [-0.3, -0.25) is 9.89 Å². The van der Waals surface area contributed by atoms with E-state index in [4.69, 9.17) is 9.47 Å². The number of hydrogen-bond acceptors (Lipinski definition) is 5. The predicted molar refractivity (Wildman–Crippen MR) is 133 cm³/mol. The molecule has 0 saturated carbocycles. The van der Waals surface area contributed by atoms with Crippen molar-refractivity contribution in [1.29, 1.82) is 0 Å². The van der Waals surface area contributed by atoms with Gasteiger partial charge in [0.05, 0.1) is 5.52 Å². The number of aromatic nitrogens is 2. The molecule has 2 N–H and O–H groups in total. The number of alkyl halides is 3. The molecule has 0 fully saturated rings. The monoisotopic (exact) mass is 513 g/mol. The summed E-state index contributed by atoms with van der Waals surface area (Å²) in [6.45, 7) is 6.17. The van der Waals surface area contributed by atoms with Gasteiger partial charge in [-0.25, -0.2) is 0 Å². The molecule has 0 aliphatic rings. The van der Waals surface area contributed by atoms with Gasteiger partial charge in [-0.2, -0.15) is 5.10 Å². The molecule has 0 spiro atoms. The molecule has 3 aromatic carbocycles. The first-order valence-electron chi connectivity index (χ1n) is 11.5. The zero-order valence-electron chi connectivity index (χ0n) is 20.5. The van der Waals surface area contributed by atoms with Crippen molar-refractivity contribution in [3.8, 4) is 17.2 Å². The summed E-state index contributed by atoms with van der Waals surface area (Å²) in [6.07, 6.45) is -4.77. The zero-order valence-corrected chi connectivity index (χ0v) is 20.5. The van der Waals surface area contributed by atoms with Crippen LogP contribution in [0.3, 0.4) is 0 Å². The van der Waals surface area contributed by atoms with E-state index in [2.05, 4.69) is 41.0 Å². The number of benzene rings is 3. The molecule has 7 nitrogen and oxygen atoms in total. The van der Waals surface area contributed by atoms with Crippen LogP contribution < -0.4 is 19.5 Å². The average molecular weight is 514 g/mol. The molecular formula is C27H26F3N3O4. The highest BCUT2D eigenvalue weighted by atomic mass is 19.4. The molecule has 0 saturated heterocycles. The number of carbonyl (C=O) groups is 1. The van der Waals surface area contributed by atoms with Crippen LogP contribution in [0.2, 0.25) is 0 Å². The summed E-state index contributed by atoms with van der Waals surface area (Å²) in [4.78, 5) is 12.5. The van der Waals surface area contributed by atoms with E-state index in [0.29, 0.717) is 33.8 Å². The maximum Gasteiger partial charge on any atom is 0.573 e. The highest BCUT2D eigenvalue weighted by Crippen LogP contribution is 2.28. The number of amides is 1. The van der Waals surface area contributed by atoms with Gasteiger partial charge in [-0.15, -0.1) is 13.2 Å². The smallest absolute Gasteiger partial charge is 0.489 e. The van der Waals surface area contributed by atoms with Crippen LogP contribution in [0.1, 0.15) is 31.9 Å². The molecule has 4 aromatic rings. The van der Waals surface area contributed by atoms with E-state index in [9.17, 15) is 18.0 Å². The third-order valence-corrected chi connectivity index (χ3v) is 5.42. The Bertz CT molecular complexity index is 1380. The largest absolute Gasteiger partial charge is 0.573 e. The van der Waals surface area contributed by atoms with Gasteiger partial charge in [0.2, 0.25) is 0 Å². The lowest BCUT2D eigenvalue weighted by Crippen LogP contribution is -2.20. The van der Waals surface area contributed by atoms with Gasteiger partial charge in [0, 0.05) is 5.39 Å². The Morgan fingerprint density at radius 1 is 0.919 bits per heavy atom. The minimum Gasteiger partial charge on any atom is -0.489 e. The van der Waals surface area contributed by atoms with E-state index in [1.54, 1.807) is 24.3 Å². The van der Waals surface area contributed by atoms with E-state index in [1.165, 1.54) is 18.2 Å². The van der Waals surface area contributed by atoms with Crippen molar-refractivity contribution < 1.29 is 32.2 Å². The molecule has 0 atom stereocenters. The quantitative estimate of drug-likeness (QED) is 0.287. The van der Waals surface area contributed by atoms with E-state index in [0.717, 1.165) is 5.56 Å². The number of nitrogens with one attached hydrogen (secondary N) is 2. The van der Waals surface area contributed by atoms with E-state index >= 15 is 0 Å². The average Bonchev–Trinajstić information content (AvgIpc) is 3.22. The molecule has 1 aromatic heterocycles. The Kier molecular flexibility index (Phi) is 7.28. The lowest BCUT2D eigenvalue weighted by atomic mass is 9.87. The topological polar surface area (TPSA) is 85.5 Å². The number of halogens is 3. The van der Waals surface area contributed by atoms with Crippen molar-refractivity contribution >= 4 is 22.6 Å². The fourth-order valence-electron chi connectivity index (χ4n) is 3.55. The second kappa shape index (κ2) is 10.4. The van der Waals surface area contributed by atoms with Crippen molar-refractivity contribution in [3.63, 3.8) is 0 Å². The summed E-state index contributed by atoms with van der Waals surface area (Å²) < 4.78 is 52.6. The zero-order chi connectivity index (χ0) is 26.6. The first-order chi connectivity index (χ1) is 17.5. The van der Waals surface area contributed by atoms with Gasteiger partial charge >= 0.3 is 6.36 Å². The summed E-state index contributed by atoms with van der Waals surface area (Å²) in [6, 6.07) is 18.2. The van der Waals surface area contributed by atoms with Crippen LogP contribution in [0.25, 0.3) is 10.9 Å². The van der Waals surface area contributed by atoms with Crippen molar-refractivity contribution in [2.45, 2.75) is 39.2 Å². The van der Waals surface area contributed by atoms with Gasteiger partial charge < -0.3 is 19.5 Å². The van der Waals surface area contributed by atoms with Crippen LogP contribution in [-0.2, 0) is 16.8 Å². The Morgan fingerprint density at radius 2 is 1.65 bits per heavy atom. The standard InChI is InChI=1S/C27H26F3N3O4/c1-26(2,3)18-7-9-19(10-8-18)36-16-24(34)31-25-22-14-20(11-12-23(22)32-33-25)35-15-17-5-4-6-21(13-17)37-27(28,29)30/h4-14H,15-16H2,1-3H3,(H2,31,32,33,34). The molecule has 1 amide bonds. The van der Waals surface area contributed by atoms with E-state index in [1.807, 2.05) is 24.3 Å². The maximum atomic E-state index is 12.5. The van der Waals surface area contributed by atoms with Crippen LogP contribution in [0, 0.1) is 0 Å². The lowest BCUT2D eigenvalue weighted by Gasteiger charge is -2.19. The molecular weight excluding hydrogens is 487 g/mol. The Morgan fingerprint density at radius 3 is 2.35 bits per heavy atom. The molecule has 194 valence electrons. The fourth-order valence-corrected chi connectivity index (χ4v) is 3.55. The van der Waals surface area contributed by atoms with Gasteiger partial charge in [-0.1, -0.05) is 45.0 Å². The number of H-pyrrole nitrogens is 1. The van der Waals surface area contributed by atoms with Gasteiger partial charge in [0.25, 0.3) is 5.91 Å². The molecule has 10 heteroatoms. The molecule has 0 aliphatic carbocycles. The van der Waals surface area contributed by atoms with Crippen molar-refractivity contribution in [2.75, 3.05) is 11.9 Å². The maximum absolute atomic E-state index is 12.5. The molecule has 4 rings (SSSR count). The number of rotatable bonds is 8. The van der Waals surface area contributed by atoms with Crippen molar-refractivity contribution in [3.05, 3.63) is 77.9 Å². The molecule has 1 heterocycles. The second-order valence-electron chi connectivity index (χ2n) is 9.37. The summed E-state index contributed by atoms with van der Waals surface area (Å²) in [7, 11) is 0. The van der Waals surface area contributed by atoms with E-state index in [-0.39, 0.29) is 30.3 Å². The van der Waals surface area contributed by atoms with Crippen LogP contribution >= 0.6 is 0 Å². The number of aromatic amines is 1. The van der Waals surface area contributed by atoms with E-state index < -0.39 is 6.36 Å². The van der Waals surface area contributed by atoms with Crippen LogP contribution in [-0.4, -0.2) is 29.1 Å². The molecule has 0 radical (unpaired) electrons. The number of nitrogens with zero attached hydrogens (tertiary/aromatic N) is 1. The first-order valence-corrected chi connectivity index (χ1v) is 11.5. The Balaban J connectivity index is 1.36. The van der Waals surface area contributed by atoms with Crippen LogP contribution in [0.15, 0.2) is 66.7 Å². The first kappa shape index (κ1) is 25.9. The van der Waals surface area contributed by atoms with Crippen LogP contribution in [0.4, 0.5) is 19.0 Å². The number of carbonyl (C=O) groups excluding carboxylic acids is 1. The second-order valence-corrected chi connectivity index (χ2v) is 9.37. The molecule has 0 bridgehead atoms. The van der Waals surface area contributed by atoms with Gasteiger partial charge in [0.1, 0.15) is 23.9 Å². The fraction of sp³-hybridized carbons (Fsp3) is 0.259. The molecule has 0 unspecified atom stereocenters. The SMILES string of the molecule is CC(C)(C)c1ccc(OCC(=O)Nc2n[nH]c3ccc(OCc4cccc(OC(F)(F)F)c4)cc23)cc1. The summed E-state index contributed by atoms with van der Waals surface area (Å²) in [5, 5.41) is 10.3. The van der Waals surface area contributed by atoms with Crippen LogP contribution in [0.5, 0.6) is 17.2 Å². The van der Waals surface area contributed by atoms with Crippen molar-refractivity contribution in [2.24, 2.45) is 0 Å². The normalized spacial score (nSPS) is 11.8. The summed E-state index contributed by atoms with van der Waals surface area (Å²) in [5.74, 6) is 0.618. The highest BCUT2D eigenvalue weighted by Gasteiger charge is 2.31. The number of hydrogen-bond donors (Lipinski definition) is 2. The number of ether oxygens (including phenoxy) is 3. The predicted octanol–water partition coefficient (Wildman–Crippen LogP) is 6.36. The minimum absolute atomic E-state index is 0.0158.